The minimum absolute atomic E-state index is 0.807. The molecule has 0 aliphatic carbocycles. The van der Waals surface area contributed by atoms with Crippen LogP contribution in [0.15, 0.2) is 22.7 Å². The van der Waals surface area contributed by atoms with Gasteiger partial charge in [-0.05, 0) is 37.1 Å². The summed E-state index contributed by atoms with van der Waals surface area (Å²) in [4.78, 5) is 4.59. The summed E-state index contributed by atoms with van der Waals surface area (Å²) < 4.78 is 1.05. The summed E-state index contributed by atoms with van der Waals surface area (Å²) in [5.41, 5.74) is 10.0. The largest absolute Gasteiger partial charge is 0.398 e. The van der Waals surface area contributed by atoms with E-state index in [0.717, 1.165) is 38.7 Å². The van der Waals surface area contributed by atoms with Gasteiger partial charge in [-0.1, -0.05) is 22.9 Å². The molecule has 0 saturated heterocycles. The van der Waals surface area contributed by atoms with Crippen molar-refractivity contribution in [3.8, 4) is 0 Å². The highest BCUT2D eigenvalue weighted by Crippen LogP contribution is 2.27. The molecule has 2 N–H and O–H groups in total. The van der Waals surface area contributed by atoms with Crippen LogP contribution in [0, 0.1) is 6.92 Å². The Balaban J connectivity index is 2.85. The number of hydrogen-bond acceptors (Lipinski definition) is 2. The van der Waals surface area contributed by atoms with Gasteiger partial charge in [-0.2, -0.15) is 0 Å². The van der Waals surface area contributed by atoms with Crippen LogP contribution in [0.3, 0.4) is 0 Å². The molecule has 0 unspecified atom stereocenters. The van der Waals surface area contributed by atoms with Crippen molar-refractivity contribution in [1.82, 2.24) is 4.98 Å². The van der Waals surface area contributed by atoms with E-state index in [1.165, 1.54) is 0 Å². The Bertz CT molecular complexity index is 521. The predicted octanol–water partition coefficient (Wildman–Crippen LogP) is 3.45. The first kappa shape index (κ1) is 10.4. The molecular weight excluding hydrogens is 252 g/mol. The average Bonchev–Trinajstić information content (AvgIpc) is 2.19. The molecule has 78 valence electrons. The summed E-state index contributed by atoms with van der Waals surface area (Å²) in [6.45, 7) is 4.14. The fourth-order valence-corrected chi connectivity index (χ4v) is 2.29. The number of aryl methyl sites for hydroxylation is 2. The maximum atomic E-state index is 6.01. The smallest absolute Gasteiger partial charge is 0.0755 e. The van der Waals surface area contributed by atoms with Gasteiger partial charge in [0.2, 0.25) is 0 Å². The summed E-state index contributed by atoms with van der Waals surface area (Å²) in [7, 11) is 0. The van der Waals surface area contributed by atoms with E-state index < -0.39 is 0 Å². The Kier molecular flexibility index (Phi) is 2.65. The summed E-state index contributed by atoms with van der Waals surface area (Å²) in [6.07, 6.45) is 0.912. The highest BCUT2D eigenvalue weighted by atomic mass is 79.9. The van der Waals surface area contributed by atoms with E-state index in [0.29, 0.717) is 0 Å². The predicted molar refractivity (Wildman–Crippen MR) is 68.0 cm³/mol. The van der Waals surface area contributed by atoms with Crippen LogP contribution in [0.25, 0.3) is 10.9 Å². The molecule has 0 atom stereocenters. The Morgan fingerprint density at radius 3 is 2.73 bits per heavy atom. The van der Waals surface area contributed by atoms with Gasteiger partial charge in [-0.15, -0.1) is 0 Å². The minimum Gasteiger partial charge on any atom is -0.398 e. The first-order valence-corrected chi connectivity index (χ1v) is 5.76. The van der Waals surface area contributed by atoms with Crippen molar-refractivity contribution in [2.75, 3.05) is 5.73 Å². The second-order valence-electron chi connectivity index (χ2n) is 3.68. The van der Waals surface area contributed by atoms with Gasteiger partial charge in [0.05, 0.1) is 5.52 Å². The number of benzene rings is 1. The molecule has 1 aromatic heterocycles. The van der Waals surface area contributed by atoms with Crippen LogP contribution in [-0.2, 0) is 6.42 Å². The molecule has 2 aromatic rings. The molecular formula is C12H13BrN2. The SMILES string of the molecule is CCc1cc(N)c2cc(Br)cc(C)c2n1. The molecule has 0 radical (unpaired) electrons. The molecule has 0 saturated carbocycles. The zero-order valence-corrected chi connectivity index (χ0v) is 10.4. The van der Waals surface area contributed by atoms with E-state index in [2.05, 4.69) is 40.8 Å². The molecule has 15 heavy (non-hydrogen) atoms. The molecule has 0 spiro atoms. The third kappa shape index (κ3) is 1.84. The van der Waals surface area contributed by atoms with Crippen LogP contribution in [0.2, 0.25) is 0 Å². The molecule has 2 nitrogen and oxygen atoms in total. The number of rotatable bonds is 1. The zero-order chi connectivity index (χ0) is 11.0. The lowest BCUT2D eigenvalue weighted by atomic mass is 10.1. The topological polar surface area (TPSA) is 38.9 Å². The molecule has 1 heterocycles. The minimum atomic E-state index is 0.807. The number of fused-ring (bicyclic) bond motifs is 1. The fourth-order valence-electron chi connectivity index (χ4n) is 1.72. The van der Waals surface area contributed by atoms with Gasteiger partial charge < -0.3 is 5.73 Å². The Morgan fingerprint density at radius 1 is 1.33 bits per heavy atom. The number of nitrogen functional groups attached to an aromatic ring is 1. The summed E-state index contributed by atoms with van der Waals surface area (Å²) in [5.74, 6) is 0. The average molecular weight is 265 g/mol. The maximum Gasteiger partial charge on any atom is 0.0755 e. The zero-order valence-electron chi connectivity index (χ0n) is 8.84. The van der Waals surface area contributed by atoms with E-state index in [1.807, 2.05) is 12.1 Å². The normalized spacial score (nSPS) is 10.9. The molecule has 0 aliphatic rings. The summed E-state index contributed by atoms with van der Waals surface area (Å²) in [5, 5.41) is 1.03. The Labute approximate surface area is 97.6 Å². The van der Waals surface area contributed by atoms with Crippen LogP contribution >= 0.6 is 15.9 Å². The molecule has 1 aromatic carbocycles. The highest BCUT2D eigenvalue weighted by Gasteiger charge is 2.06. The molecule has 0 aliphatic heterocycles. The number of hydrogen-bond donors (Lipinski definition) is 1. The van der Waals surface area contributed by atoms with E-state index in [4.69, 9.17) is 5.73 Å². The van der Waals surface area contributed by atoms with Gasteiger partial charge in [0.1, 0.15) is 0 Å². The van der Waals surface area contributed by atoms with Crippen molar-refractivity contribution < 1.29 is 0 Å². The second kappa shape index (κ2) is 3.81. The van der Waals surface area contributed by atoms with Crippen molar-refractivity contribution in [2.24, 2.45) is 0 Å². The lowest BCUT2D eigenvalue weighted by Crippen LogP contribution is -1.96. The maximum absolute atomic E-state index is 6.01. The monoisotopic (exact) mass is 264 g/mol. The van der Waals surface area contributed by atoms with Crippen LogP contribution in [0.4, 0.5) is 5.69 Å². The van der Waals surface area contributed by atoms with E-state index in [1.54, 1.807) is 0 Å². The van der Waals surface area contributed by atoms with Gasteiger partial charge >= 0.3 is 0 Å². The van der Waals surface area contributed by atoms with Gasteiger partial charge in [0, 0.05) is 21.2 Å². The lowest BCUT2D eigenvalue weighted by molar-refractivity contribution is 1.06. The van der Waals surface area contributed by atoms with Gasteiger partial charge in [-0.25, -0.2) is 0 Å². The van der Waals surface area contributed by atoms with Gasteiger partial charge in [0.25, 0.3) is 0 Å². The van der Waals surface area contributed by atoms with Crippen molar-refractivity contribution in [1.29, 1.82) is 0 Å². The quantitative estimate of drug-likeness (QED) is 0.857. The lowest BCUT2D eigenvalue weighted by Gasteiger charge is -2.07. The van der Waals surface area contributed by atoms with E-state index in [-0.39, 0.29) is 0 Å². The van der Waals surface area contributed by atoms with Crippen molar-refractivity contribution in [3.63, 3.8) is 0 Å². The molecule has 0 amide bonds. The molecule has 0 bridgehead atoms. The number of nitrogens with zero attached hydrogens (tertiary/aromatic N) is 1. The first-order chi connectivity index (χ1) is 7.11. The van der Waals surface area contributed by atoms with Crippen molar-refractivity contribution in [3.05, 3.63) is 33.9 Å². The summed E-state index contributed by atoms with van der Waals surface area (Å²) >= 11 is 3.47. The molecule has 3 heteroatoms. The Hall–Kier alpha value is -1.09. The van der Waals surface area contributed by atoms with E-state index >= 15 is 0 Å². The standard InChI is InChI=1S/C12H13BrN2/c1-3-9-6-11(14)10-5-8(13)4-7(2)12(10)15-9/h4-6H,3H2,1-2H3,(H2,14,15). The summed E-state index contributed by atoms with van der Waals surface area (Å²) in [6, 6.07) is 6.03. The van der Waals surface area contributed by atoms with Gasteiger partial charge in [-0.3, -0.25) is 4.98 Å². The van der Waals surface area contributed by atoms with Gasteiger partial charge in [0.15, 0.2) is 0 Å². The fraction of sp³-hybridized carbons (Fsp3) is 0.250. The number of halogens is 1. The van der Waals surface area contributed by atoms with Crippen LogP contribution in [0.1, 0.15) is 18.2 Å². The third-order valence-corrected chi connectivity index (χ3v) is 2.97. The van der Waals surface area contributed by atoms with Crippen LogP contribution < -0.4 is 5.73 Å². The van der Waals surface area contributed by atoms with Crippen LogP contribution in [-0.4, -0.2) is 4.98 Å². The number of nitrogens with two attached hydrogens (primary N) is 1. The highest BCUT2D eigenvalue weighted by molar-refractivity contribution is 9.10. The third-order valence-electron chi connectivity index (χ3n) is 2.52. The number of pyridine rings is 1. The van der Waals surface area contributed by atoms with E-state index in [9.17, 15) is 0 Å². The van der Waals surface area contributed by atoms with Crippen LogP contribution in [0.5, 0.6) is 0 Å². The molecule has 2 rings (SSSR count). The Morgan fingerprint density at radius 2 is 2.07 bits per heavy atom. The van der Waals surface area contributed by atoms with Crippen molar-refractivity contribution in [2.45, 2.75) is 20.3 Å². The molecule has 0 fully saturated rings. The van der Waals surface area contributed by atoms with Crippen molar-refractivity contribution >= 4 is 32.5 Å². The number of anilines is 1. The number of aromatic nitrogens is 1. The first-order valence-electron chi connectivity index (χ1n) is 4.97. The second-order valence-corrected chi connectivity index (χ2v) is 4.59.